The quantitative estimate of drug-likeness (QED) is 0.206. The number of rotatable bonds is 10. The molecule has 0 spiro atoms. The number of cyclic esters (lactones) is 1. The number of hydrogen-bond donors (Lipinski definition) is 3. The zero-order valence-electron chi connectivity index (χ0n) is 26.0. The van der Waals surface area contributed by atoms with E-state index in [0.29, 0.717) is 32.2 Å². The smallest absolute Gasteiger partial charge is 0.407 e. The van der Waals surface area contributed by atoms with Gasteiger partial charge in [0.15, 0.2) is 0 Å². The van der Waals surface area contributed by atoms with E-state index in [4.69, 9.17) is 19.3 Å². The van der Waals surface area contributed by atoms with E-state index < -0.39 is 24.0 Å². The molecule has 11 heteroatoms. The Morgan fingerprint density at radius 3 is 2.46 bits per heavy atom. The lowest BCUT2D eigenvalue weighted by molar-refractivity contribution is -0.150. The second-order valence-electron chi connectivity index (χ2n) is 11.9. The first-order chi connectivity index (χ1) is 22.5. The molecule has 246 valence electrons. The molecule has 1 saturated heterocycles. The van der Waals surface area contributed by atoms with Crippen molar-refractivity contribution >= 4 is 23.9 Å². The molecule has 3 N–H and O–H groups in total. The van der Waals surface area contributed by atoms with Crippen molar-refractivity contribution in [1.29, 1.82) is 0 Å². The number of benzene rings is 2. The lowest BCUT2D eigenvalue weighted by atomic mass is 9.97. The summed E-state index contributed by atoms with van der Waals surface area (Å²) in [7, 11) is 0. The van der Waals surface area contributed by atoms with Crippen LogP contribution in [0.5, 0.6) is 0 Å². The molecule has 0 unspecified atom stereocenters. The van der Waals surface area contributed by atoms with Gasteiger partial charge in [0, 0.05) is 25.4 Å². The normalized spacial score (nSPS) is 21.6. The Bertz CT molecular complexity index is 1370. The van der Waals surface area contributed by atoms with Gasteiger partial charge in [0.1, 0.15) is 19.3 Å². The van der Waals surface area contributed by atoms with Gasteiger partial charge in [-0.25, -0.2) is 9.59 Å². The molecule has 3 aliphatic rings. The van der Waals surface area contributed by atoms with Crippen molar-refractivity contribution in [2.24, 2.45) is 5.92 Å². The number of esters is 1. The third-order valence-electron chi connectivity index (χ3n) is 8.79. The summed E-state index contributed by atoms with van der Waals surface area (Å²) in [5, 5.41) is 14.3. The number of amides is 3. The highest BCUT2D eigenvalue weighted by molar-refractivity contribution is 5.86. The molecule has 1 aliphatic carbocycles. The van der Waals surface area contributed by atoms with Crippen molar-refractivity contribution in [1.82, 2.24) is 15.5 Å². The monoisotopic (exact) mass is 633 g/mol. The fourth-order valence-corrected chi connectivity index (χ4v) is 6.48. The van der Waals surface area contributed by atoms with Crippen LogP contribution < -0.4 is 10.6 Å². The van der Waals surface area contributed by atoms with Crippen LogP contribution in [0.4, 0.5) is 4.79 Å². The molecule has 46 heavy (non-hydrogen) atoms. The summed E-state index contributed by atoms with van der Waals surface area (Å²) >= 11 is 0. The van der Waals surface area contributed by atoms with Gasteiger partial charge in [0.05, 0.1) is 31.8 Å². The van der Waals surface area contributed by atoms with E-state index in [1.54, 1.807) is 4.90 Å². The predicted octanol–water partition coefficient (Wildman–Crippen LogP) is 3.30. The van der Waals surface area contributed by atoms with Crippen LogP contribution in [0.25, 0.3) is 11.1 Å². The molecule has 5 rings (SSSR count). The first kappa shape index (κ1) is 33.2. The Labute approximate surface area is 269 Å². The minimum Gasteiger partial charge on any atom is -0.462 e. The van der Waals surface area contributed by atoms with Gasteiger partial charge < -0.3 is 34.9 Å². The fraction of sp³-hybridized carbons (Fsp3) is 0.486. The molecule has 2 heterocycles. The number of nitrogens with zero attached hydrogens (tertiary/aromatic N) is 1. The standard InChI is InChI=1S/C35H43N3O8/c39-18-20-44-19-16-36-32(40)21-24-9-2-1-3-15-31(34(42)45-22-25-10-8-17-38(25)33(24)41)37-35(43)46-23-30-28-13-6-4-11-26(28)27-12-5-7-14-29(27)30/h1-2,4-7,11-14,24-25,30-31,39H,3,8-10,15-23H2,(H,36,40)(H,37,43)/t24-,25+,31+/m1/s1. The van der Waals surface area contributed by atoms with Gasteiger partial charge in [0.25, 0.3) is 0 Å². The molecular weight excluding hydrogens is 590 g/mol. The molecule has 0 aromatic heterocycles. The van der Waals surface area contributed by atoms with Crippen LogP contribution in [0.1, 0.15) is 55.6 Å². The number of alkyl carbamates (subject to hydrolysis) is 1. The highest BCUT2D eigenvalue weighted by Crippen LogP contribution is 2.44. The van der Waals surface area contributed by atoms with E-state index in [0.717, 1.165) is 28.7 Å². The zero-order valence-corrected chi connectivity index (χ0v) is 26.0. The summed E-state index contributed by atoms with van der Waals surface area (Å²) in [6.45, 7) is 1.35. The van der Waals surface area contributed by atoms with Gasteiger partial charge in [0.2, 0.25) is 11.8 Å². The van der Waals surface area contributed by atoms with E-state index in [9.17, 15) is 19.2 Å². The maximum Gasteiger partial charge on any atom is 0.407 e. The second-order valence-corrected chi connectivity index (χ2v) is 11.9. The Morgan fingerprint density at radius 2 is 1.72 bits per heavy atom. The average molecular weight is 634 g/mol. The Hall–Kier alpha value is -4.22. The lowest BCUT2D eigenvalue weighted by Gasteiger charge is -2.28. The van der Waals surface area contributed by atoms with Crippen LogP contribution in [0.3, 0.4) is 0 Å². The number of aliphatic hydroxyl groups is 1. The zero-order chi connectivity index (χ0) is 32.3. The van der Waals surface area contributed by atoms with Crippen molar-refractivity contribution in [3.63, 3.8) is 0 Å². The molecule has 1 fully saturated rings. The average Bonchev–Trinajstić information content (AvgIpc) is 3.67. The fourth-order valence-electron chi connectivity index (χ4n) is 6.48. The van der Waals surface area contributed by atoms with Gasteiger partial charge in [-0.2, -0.15) is 0 Å². The first-order valence-corrected chi connectivity index (χ1v) is 16.1. The second kappa shape index (κ2) is 16.4. The number of fused-ring (bicyclic) bond motifs is 4. The van der Waals surface area contributed by atoms with E-state index in [1.165, 1.54) is 0 Å². The largest absolute Gasteiger partial charge is 0.462 e. The Kier molecular flexibility index (Phi) is 11.8. The van der Waals surface area contributed by atoms with Crippen molar-refractivity contribution in [3.05, 3.63) is 71.8 Å². The van der Waals surface area contributed by atoms with Crippen molar-refractivity contribution in [2.45, 2.75) is 56.5 Å². The minimum absolute atomic E-state index is 0.0159. The number of hydrogen-bond acceptors (Lipinski definition) is 8. The van der Waals surface area contributed by atoms with Crippen LogP contribution in [-0.4, -0.2) is 92.1 Å². The molecule has 11 nitrogen and oxygen atoms in total. The molecule has 0 saturated carbocycles. The highest BCUT2D eigenvalue weighted by Gasteiger charge is 2.35. The van der Waals surface area contributed by atoms with Crippen LogP contribution >= 0.6 is 0 Å². The van der Waals surface area contributed by atoms with Crippen molar-refractivity contribution < 1.29 is 38.5 Å². The van der Waals surface area contributed by atoms with Crippen LogP contribution in [-0.2, 0) is 28.6 Å². The Morgan fingerprint density at radius 1 is 0.978 bits per heavy atom. The molecule has 3 atom stereocenters. The summed E-state index contributed by atoms with van der Waals surface area (Å²) in [4.78, 5) is 54.1. The van der Waals surface area contributed by atoms with Crippen molar-refractivity contribution in [3.8, 4) is 11.1 Å². The third-order valence-corrected chi connectivity index (χ3v) is 8.79. The SMILES string of the molecule is O=C(C[C@H]1CC=CCC[C@H](NC(=O)OCC2c3ccccc3-c3ccccc32)C(=O)OC[C@@H]2CCCN2C1=O)NCCOCCO. The number of allylic oxidation sites excluding steroid dienone is 2. The lowest BCUT2D eigenvalue weighted by Crippen LogP contribution is -2.46. The van der Waals surface area contributed by atoms with Gasteiger partial charge >= 0.3 is 12.1 Å². The van der Waals surface area contributed by atoms with Gasteiger partial charge in [-0.1, -0.05) is 60.7 Å². The number of nitrogens with one attached hydrogen (secondary N) is 2. The molecule has 2 aliphatic heterocycles. The summed E-state index contributed by atoms with van der Waals surface area (Å²) in [5.41, 5.74) is 4.45. The predicted molar refractivity (Wildman–Crippen MR) is 170 cm³/mol. The first-order valence-electron chi connectivity index (χ1n) is 16.1. The van der Waals surface area contributed by atoms with E-state index in [-0.39, 0.29) is 69.8 Å². The van der Waals surface area contributed by atoms with E-state index in [1.807, 2.05) is 48.6 Å². The van der Waals surface area contributed by atoms with Crippen LogP contribution in [0.2, 0.25) is 0 Å². The number of carbonyl (C=O) groups excluding carboxylic acids is 4. The summed E-state index contributed by atoms with van der Waals surface area (Å²) < 4.78 is 16.5. The molecule has 0 radical (unpaired) electrons. The molecule has 2 aromatic rings. The summed E-state index contributed by atoms with van der Waals surface area (Å²) in [5.74, 6) is -1.62. The maximum absolute atomic E-state index is 13.6. The number of aliphatic hydroxyl groups excluding tert-OH is 1. The molecular formula is C35H43N3O8. The maximum atomic E-state index is 13.6. The topological polar surface area (TPSA) is 144 Å². The Balaban J connectivity index is 1.19. The van der Waals surface area contributed by atoms with E-state index in [2.05, 4.69) is 22.8 Å². The van der Waals surface area contributed by atoms with Crippen LogP contribution in [0, 0.1) is 5.92 Å². The van der Waals surface area contributed by atoms with Gasteiger partial charge in [-0.15, -0.1) is 0 Å². The molecule has 2 aromatic carbocycles. The minimum atomic E-state index is -0.916. The van der Waals surface area contributed by atoms with Gasteiger partial charge in [-0.05, 0) is 54.4 Å². The number of carbonyl (C=O) groups is 4. The van der Waals surface area contributed by atoms with Crippen molar-refractivity contribution in [2.75, 3.05) is 46.1 Å². The summed E-state index contributed by atoms with van der Waals surface area (Å²) in [6.07, 6.45) is 5.62. The molecule has 0 bridgehead atoms. The highest BCUT2D eigenvalue weighted by atomic mass is 16.6. The third kappa shape index (κ3) is 8.32. The van der Waals surface area contributed by atoms with Gasteiger partial charge in [-0.3, -0.25) is 9.59 Å². The number of ether oxygens (including phenoxy) is 3. The van der Waals surface area contributed by atoms with Crippen LogP contribution in [0.15, 0.2) is 60.7 Å². The molecule has 3 amide bonds. The summed E-state index contributed by atoms with van der Waals surface area (Å²) in [6, 6.07) is 15.0. The van der Waals surface area contributed by atoms with E-state index >= 15 is 0 Å².